The normalized spacial score (nSPS) is 11.7. The van der Waals surface area contributed by atoms with Crippen LogP contribution in [0.1, 0.15) is 17.5 Å². The molecule has 1 heterocycles. The Morgan fingerprint density at radius 2 is 2.17 bits per heavy atom. The lowest BCUT2D eigenvalue weighted by atomic mass is 10.2. The molecule has 0 spiro atoms. The van der Waals surface area contributed by atoms with Crippen molar-refractivity contribution in [3.8, 4) is 0 Å². The Labute approximate surface area is 75.7 Å². The molecule has 0 amide bonds. The van der Waals surface area contributed by atoms with E-state index in [-0.39, 0.29) is 10.4 Å². The maximum absolute atomic E-state index is 12.4. The first-order valence-electron chi connectivity index (χ1n) is 3.09. The van der Waals surface area contributed by atoms with Gasteiger partial charge in [0.05, 0.1) is 0 Å². The van der Waals surface area contributed by atoms with E-state index in [0.29, 0.717) is 6.92 Å². The second kappa shape index (κ2) is 2.97. The van der Waals surface area contributed by atoms with Gasteiger partial charge in [0.1, 0.15) is 0 Å². The number of hydrogen-bond acceptors (Lipinski definition) is 2. The largest absolute Gasteiger partial charge is 0.446 e. The van der Waals surface area contributed by atoms with Crippen LogP contribution in [-0.2, 0) is 0 Å². The van der Waals surface area contributed by atoms with Crippen LogP contribution < -0.4 is 0 Å². The van der Waals surface area contributed by atoms with Crippen LogP contribution in [0.2, 0.25) is 0 Å². The topological polar surface area (TPSA) is 30.2 Å². The summed E-state index contributed by atoms with van der Waals surface area (Å²) in [5, 5.41) is 0. The average molecular weight is 239 g/mol. The van der Waals surface area contributed by atoms with Crippen LogP contribution in [0, 0.1) is 0 Å². The lowest BCUT2D eigenvalue weighted by Gasteiger charge is -2.04. The molecule has 66 valence electrons. The van der Waals surface area contributed by atoms with E-state index in [1.54, 1.807) is 0 Å². The van der Waals surface area contributed by atoms with Crippen molar-refractivity contribution in [2.75, 3.05) is 0 Å². The van der Waals surface area contributed by atoms with Gasteiger partial charge in [-0.15, -0.1) is 0 Å². The summed E-state index contributed by atoms with van der Waals surface area (Å²) >= 11 is 2.90. The third-order valence-electron chi connectivity index (χ3n) is 1.20. The fraction of sp³-hybridized carbons (Fsp3) is 0.286. The predicted molar refractivity (Wildman–Crippen MR) is 41.4 cm³/mol. The highest BCUT2D eigenvalue weighted by Crippen LogP contribution is 2.22. The fourth-order valence-corrected chi connectivity index (χ4v) is 0.959. The molecule has 0 fully saturated rings. The summed E-state index contributed by atoms with van der Waals surface area (Å²) in [4.78, 5) is 10.8. The summed E-state index contributed by atoms with van der Waals surface area (Å²) in [6.07, 6.45) is 0. The highest BCUT2D eigenvalue weighted by Gasteiger charge is 2.35. The minimum atomic E-state index is -3.38. The molecular weight excluding hydrogens is 234 g/mol. The van der Waals surface area contributed by atoms with Crippen LogP contribution in [0.5, 0.6) is 0 Å². The van der Waals surface area contributed by atoms with Gasteiger partial charge in [-0.25, -0.2) is 0 Å². The van der Waals surface area contributed by atoms with Crippen LogP contribution in [0.25, 0.3) is 0 Å². The zero-order valence-electron chi connectivity index (χ0n) is 6.11. The van der Waals surface area contributed by atoms with Gasteiger partial charge in [-0.3, -0.25) is 4.79 Å². The van der Waals surface area contributed by atoms with Crippen molar-refractivity contribution in [3.63, 3.8) is 0 Å². The Morgan fingerprint density at radius 3 is 2.50 bits per heavy atom. The molecule has 0 aliphatic heterocycles. The minimum Gasteiger partial charge on any atom is -0.446 e. The summed E-state index contributed by atoms with van der Waals surface area (Å²) in [6, 6.07) is 2.59. The van der Waals surface area contributed by atoms with Gasteiger partial charge in [-0.2, -0.15) is 8.78 Å². The smallest absolute Gasteiger partial charge is 0.310 e. The van der Waals surface area contributed by atoms with Gasteiger partial charge >= 0.3 is 5.92 Å². The molecule has 1 aromatic rings. The molecule has 1 aromatic heterocycles. The SMILES string of the molecule is CC(F)(F)C(=O)c1ccc(Br)o1. The number of alkyl halides is 2. The van der Waals surface area contributed by atoms with E-state index in [2.05, 4.69) is 20.3 Å². The lowest BCUT2D eigenvalue weighted by Crippen LogP contribution is -2.23. The number of rotatable bonds is 2. The van der Waals surface area contributed by atoms with Crippen LogP contribution in [0.3, 0.4) is 0 Å². The van der Waals surface area contributed by atoms with E-state index in [1.807, 2.05) is 0 Å². The van der Waals surface area contributed by atoms with Gasteiger partial charge in [0.25, 0.3) is 5.78 Å². The molecule has 2 nitrogen and oxygen atoms in total. The summed E-state index contributed by atoms with van der Waals surface area (Å²) < 4.78 is 29.7. The number of halogens is 3. The van der Waals surface area contributed by atoms with Crippen LogP contribution in [0.4, 0.5) is 8.78 Å². The van der Waals surface area contributed by atoms with Crippen LogP contribution in [0.15, 0.2) is 21.2 Å². The molecule has 0 atom stereocenters. The number of hydrogen-bond donors (Lipinski definition) is 0. The van der Waals surface area contributed by atoms with E-state index in [1.165, 1.54) is 12.1 Å². The maximum Gasteiger partial charge on any atom is 0.310 e. The van der Waals surface area contributed by atoms with E-state index in [0.717, 1.165) is 0 Å². The van der Waals surface area contributed by atoms with Gasteiger partial charge < -0.3 is 4.42 Å². The average Bonchev–Trinajstić information content (AvgIpc) is 2.32. The summed E-state index contributed by atoms with van der Waals surface area (Å²) in [6.45, 7) is 0.533. The van der Waals surface area contributed by atoms with Crippen molar-refractivity contribution in [1.82, 2.24) is 0 Å². The number of carbonyl (C=O) groups excluding carboxylic acids is 1. The van der Waals surface area contributed by atoms with E-state index in [9.17, 15) is 13.6 Å². The predicted octanol–water partition coefficient (Wildman–Crippen LogP) is 2.88. The number of Topliss-reactive ketones (excluding diaryl/α,β-unsaturated/α-hetero) is 1. The summed E-state index contributed by atoms with van der Waals surface area (Å²) in [5.74, 6) is -5.03. The van der Waals surface area contributed by atoms with E-state index < -0.39 is 11.7 Å². The number of furan rings is 1. The molecule has 0 radical (unpaired) electrons. The van der Waals surface area contributed by atoms with Crippen LogP contribution in [-0.4, -0.2) is 11.7 Å². The second-order valence-electron chi connectivity index (χ2n) is 2.32. The first-order chi connectivity index (χ1) is 5.41. The fourth-order valence-electron chi connectivity index (χ4n) is 0.653. The molecule has 5 heteroatoms. The van der Waals surface area contributed by atoms with Gasteiger partial charge in [-0.05, 0) is 28.1 Å². The second-order valence-corrected chi connectivity index (χ2v) is 3.10. The highest BCUT2D eigenvalue weighted by molar-refractivity contribution is 9.10. The molecular formula is C7H5BrF2O2. The molecule has 0 unspecified atom stereocenters. The standard InChI is InChI=1S/C7H5BrF2O2/c1-7(9,10)6(11)4-2-3-5(8)12-4/h2-3H,1H3. The summed E-state index contributed by atoms with van der Waals surface area (Å²) in [7, 11) is 0. The first-order valence-corrected chi connectivity index (χ1v) is 3.88. The zero-order valence-corrected chi connectivity index (χ0v) is 7.69. The van der Waals surface area contributed by atoms with Crippen molar-refractivity contribution < 1.29 is 18.0 Å². The molecule has 0 aliphatic carbocycles. The Morgan fingerprint density at radius 1 is 1.58 bits per heavy atom. The monoisotopic (exact) mass is 238 g/mol. The molecule has 0 N–H and O–H groups in total. The summed E-state index contributed by atoms with van der Waals surface area (Å²) in [5.41, 5.74) is 0. The van der Waals surface area contributed by atoms with E-state index in [4.69, 9.17) is 0 Å². The number of ketones is 1. The molecule has 0 saturated carbocycles. The van der Waals surface area contributed by atoms with Gasteiger partial charge in [-0.1, -0.05) is 0 Å². The number of carbonyl (C=O) groups is 1. The Hall–Kier alpha value is -0.710. The Bertz CT molecular complexity index is 301. The van der Waals surface area contributed by atoms with Crippen LogP contribution >= 0.6 is 15.9 Å². The molecule has 12 heavy (non-hydrogen) atoms. The quantitative estimate of drug-likeness (QED) is 0.742. The Balaban J connectivity index is 2.93. The van der Waals surface area contributed by atoms with Gasteiger partial charge in [0.15, 0.2) is 10.4 Å². The van der Waals surface area contributed by atoms with E-state index >= 15 is 0 Å². The van der Waals surface area contributed by atoms with Gasteiger partial charge in [0.2, 0.25) is 0 Å². The van der Waals surface area contributed by atoms with Crippen molar-refractivity contribution in [1.29, 1.82) is 0 Å². The van der Waals surface area contributed by atoms with Crippen molar-refractivity contribution in [2.45, 2.75) is 12.8 Å². The molecule has 1 rings (SSSR count). The zero-order chi connectivity index (χ0) is 9.35. The van der Waals surface area contributed by atoms with Crippen molar-refractivity contribution in [2.24, 2.45) is 0 Å². The van der Waals surface area contributed by atoms with Gasteiger partial charge in [0, 0.05) is 6.92 Å². The van der Waals surface area contributed by atoms with Crippen molar-refractivity contribution >= 4 is 21.7 Å². The molecule has 0 aliphatic rings. The molecule has 0 aromatic carbocycles. The third kappa shape index (κ3) is 1.91. The Kier molecular flexibility index (Phi) is 2.32. The highest BCUT2D eigenvalue weighted by atomic mass is 79.9. The minimum absolute atomic E-state index is 0.259. The maximum atomic E-state index is 12.4. The molecule has 0 bridgehead atoms. The third-order valence-corrected chi connectivity index (χ3v) is 1.62. The molecule has 0 saturated heterocycles. The lowest BCUT2D eigenvalue weighted by molar-refractivity contribution is 0.0194. The first kappa shape index (κ1) is 9.38. The van der Waals surface area contributed by atoms with Crippen molar-refractivity contribution in [3.05, 3.63) is 22.6 Å².